The molecule has 1 N–H and O–H groups in total. The zero-order valence-corrected chi connectivity index (χ0v) is 15.0. The number of amides is 1. The van der Waals surface area contributed by atoms with Crippen molar-refractivity contribution >= 4 is 23.6 Å². The highest BCUT2D eigenvalue weighted by atomic mass is 32.2. The molecule has 126 valence electrons. The van der Waals surface area contributed by atoms with Gasteiger partial charge in [-0.3, -0.25) is 10.1 Å². The average molecular weight is 349 g/mol. The van der Waals surface area contributed by atoms with E-state index in [-0.39, 0.29) is 11.2 Å². The van der Waals surface area contributed by atoms with E-state index in [9.17, 15) is 4.79 Å². The molecule has 1 amide bonds. The lowest BCUT2D eigenvalue weighted by atomic mass is 10.1. The molecule has 0 aliphatic heterocycles. The van der Waals surface area contributed by atoms with E-state index in [4.69, 9.17) is 0 Å². The third kappa shape index (κ3) is 4.67. The number of thioether (sulfide) groups is 1. The molecular weight excluding hydrogens is 330 g/mol. The summed E-state index contributed by atoms with van der Waals surface area (Å²) >= 11 is 1.51. The first-order chi connectivity index (χ1) is 12.1. The van der Waals surface area contributed by atoms with E-state index in [1.807, 2.05) is 80.6 Å². The van der Waals surface area contributed by atoms with Crippen molar-refractivity contribution in [3.8, 4) is 0 Å². The maximum Gasteiger partial charge on any atom is 0.244 e. The second kappa shape index (κ2) is 7.94. The normalized spacial score (nSPS) is 11.8. The van der Waals surface area contributed by atoms with E-state index >= 15 is 0 Å². The number of carbonyl (C=O) groups excluding carboxylic acids is 1. The van der Waals surface area contributed by atoms with Gasteiger partial charge in [0.15, 0.2) is 0 Å². The number of carbonyl (C=O) groups is 1. The van der Waals surface area contributed by atoms with Crippen molar-refractivity contribution in [2.45, 2.75) is 24.0 Å². The highest BCUT2D eigenvalue weighted by Crippen LogP contribution is 2.35. The lowest BCUT2D eigenvalue weighted by molar-refractivity contribution is -0.115. The topological polar surface area (TPSA) is 54.9 Å². The third-order valence-corrected chi connectivity index (χ3v) is 4.82. The summed E-state index contributed by atoms with van der Waals surface area (Å²) in [5, 5.41) is 2.48. The van der Waals surface area contributed by atoms with Gasteiger partial charge in [-0.05, 0) is 37.6 Å². The molecule has 0 saturated heterocycles. The number of rotatable bonds is 5. The zero-order chi connectivity index (χ0) is 17.6. The molecule has 0 radical (unpaired) electrons. The fourth-order valence-electron chi connectivity index (χ4n) is 2.49. The van der Waals surface area contributed by atoms with Crippen LogP contribution in [0.4, 0.5) is 5.95 Å². The summed E-state index contributed by atoms with van der Waals surface area (Å²) in [6.45, 7) is 3.77. The van der Waals surface area contributed by atoms with Gasteiger partial charge in [0.1, 0.15) is 5.25 Å². The Morgan fingerprint density at radius 3 is 2.08 bits per heavy atom. The first kappa shape index (κ1) is 17.2. The SMILES string of the molecule is Cc1cc(C)nc(NC(=O)[C@H](Sc2ccccc2)c2ccccc2)n1. The van der Waals surface area contributed by atoms with Gasteiger partial charge in [0.2, 0.25) is 11.9 Å². The number of hydrogen-bond donors (Lipinski definition) is 1. The van der Waals surface area contributed by atoms with E-state index < -0.39 is 0 Å². The molecule has 0 saturated carbocycles. The fraction of sp³-hybridized carbons (Fsp3) is 0.150. The molecule has 3 rings (SSSR count). The Kier molecular flexibility index (Phi) is 5.46. The summed E-state index contributed by atoms with van der Waals surface area (Å²) < 4.78 is 0. The van der Waals surface area contributed by atoms with Crippen LogP contribution in [0.3, 0.4) is 0 Å². The smallest absolute Gasteiger partial charge is 0.244 e. The molecule has 0 aliphatic rings. The Labute approximate surface area is 151 Å². The lowest BCUT2D eigenvalue weighted by Gasteiger charge is -2.16. The summed E-state index contributed by atoms with van der Waals surface area (Å²) in [5.74, 6) is 0.210. The molecule has 0 aliphatic carbocycles. The van der Waals surface area contributed by atoms with Crippen LogP contribution in [0.25, 0.3) is 0 Å². The number of aromatic nitrogens is 2. The minimum Gasteiger partial charge on any atom is -0.293 e. The van der Waals surface area contributed by atoms with Crippen molar-refractivity contribution < 1.29 is 4.79 Å². The molecule has 4 nitrogen and oxygen atoms in total. The van der Waals surface area contributed by atoms with Gasteiger partial charge in [-0.15, -0.1) is 11.8 Å². The Bertz CT molecular complexity index is 833. The Hall–Kier alpha value is -2.66. The average Bonchev–Trinajstić information content (AvgIpc) is 2.60. The summed E-state index contributed by atoms with van der Waals surface area (Å²) in [6, 6.07) is 21.5. The summed E-state index contributed by atoms with van der Waals surface area (Å²) in [7, 11) is 0. The van der Waals surface area contributed by atoms with Gasteiger partial charge in [-0.1, -0.05) is 48.5 Å². The maximum atomic E-state index is 12.9. The van der Waals surface area contributed by atoms with Crippen molar-refractivity contribution in [1.29, 1.82) is 0 Å². The summed E-state index contributed by atoms with van der Waals surface area (Å²) in [4.78, 5) is 22.6. The Morgan fingerprint density at radius 2 is 1.48 bits per heavy atom. The minimum absolute atomic E-state index is 0.134. The maximum absolute atomic E-state index is 12.9. The van der Waals surface area contributed by atoms with Gasteiger partial charge in [-0.25, -0.2) is 9.97 Å². The predicted octanol–water partition coefficient (Wildman–Crippen LogP) is 4.57. The quantitative estimate of drug-likeness (QED) is 0.686. The Balaban J connectivity index is 1.86. The van der Waals surface area contributed by atoms with Crippen molar-refractivity contribution in [1.82, 2.24) is 9.97 Å². The molecule has 25 heavy (non-hydrogen) atoms. The van der Waals surface area contributed by atoms with E-state index in [0.29, 0.717) is 5.95 Å². The monoisotopic (exact) mass is 349 g/mol. The number of benzene rings is 2. The van der Waals surface area contributed by atoms with Crippen LogP contribution in [0.2, 0.25) is 0 Å². The second-order valence-corrected chi connectivity index (χ2v) is 6.86. The van der Waals surface area contributed by atoms with Gasteiger partial charge >= 0.3 is 0 Å². The van der Waals surface area contributed by atoms with Gasteiger partial charge in [0, 0.05) is 16.3 Å². The van der Waals surface area contributed by atoms with Crippen molar-refractivity contribution in [3.05, 3.63) is 83.7 Å². The number of nitrogens with one attached hydrogen (secondary N) is 1. The molecule has 0 spiro atoms. The number of aryl methyl sites for hydroxylation is 2. The van der Waals surface area contributed by atoms with E-state index in [2.05, 4.69) is 15.3 Å². The van der Waals surface area contributed by atoms with Crippen LogP contribution in [0.5, 0.6) is 0 Å². The lowest BCUT2D eigenvalue weighted by Crippen LogP contribution is -2.20. The highest BCUT2D eigenvalue weighted by molar-refractivity contribution is 8.00. The fourth-order valence-corrected chi connectivity index (χ4v) is 3.54. The van der Waals surface area contributed by atoms with Crippen LogP contribution in [-0.2, 0) is 4.79 Å². The third-order valence-electron chi connectivity index (χ3n) is 3.55. The number of hydrogen-bond acceptors (Lipinski definition) is 4. The molecule has 2 aromatic carbocycles. The van der Waals surface area contributed by atoms with Gasteiger partial charge < -0.3 is 0 Å². The minimum atomic E-state index is -0.381. The molecule has 1 heterocycles. The van der Waals surface area contributed by atoms with E-state index in [1.54, 1.807) is 0 Å². The molecule has 0 fully saturated rings. The van der Waals surface area contributed by atoms with Gasteiger partial charge in [0.05, 0.1) is 0 Å². The van der Waals surface area contributed by atoms with Crippen LogP contribution in [0.1, 0.15) is 22.2 Å². The number of nitrogens with zero attached hydrogens (tertiary/aromatic N) is 2. The highest BCUT2D eigenvalue weighted by Gasteiger charge is 2.23. The number of anilines is 1. The molecule has 3 aromatic rings. The molecular formula is C20H19N3OS. The molecule has 1 atom stereocenters. The van der Waals surface area contributed by atoms with Crippen LogP contribution in [0.15, 0.2) is 71.6 Å². The van der Waals surface area contributed by atoms with Gasteiger partial charge in [0.25, 0.3) is 0 Å². The molecule has 5 heteroatoms. The van der Waals surface area contributed by atoms with E-state index in [1.165, 1.54) is 11.8 Å². The van der Waals surface area contributed by atoms with Crippen LogP contribution >= 0.6 is 11.8 Å². The molecule has 1 aromatic heterocycles. The molecule has 0 bridgehead atoms. The van der Waals surface area contributed by atoms with E-state index in [0.717, 1.165) is 21.8 Å². The zero-order valence-electron chi connectivity index (χ0n) is 14.1. The van der Waals surface area contributed by atoms with Crippen LogP contribution in [0, 0.1) is 13.8 Å². The van der Waals surface area contributed by atoms with Crippen molar-refractivity contribution in [3.63, 3.8) is 0 Å². The first-order valence-electron chi connectivity index (χ1n) is 8.01. The molecule has 0 unspecified atom stereocenters. The Morgan fingerprint density at radius 1 is 0.920 bits per heavy atom. The van der Waals surface area contributed by atoms with Crippen LogP contribution in [-0.4, -0.2) is 15.9 Å². The predicted molar refractivity (Wildman–Crippen MR) is 102 cm³/mol. The first-order valence-corrected chi connectivity index (χ1v) is 8.89. The van der Waals surface area contributed by atoms with Crippen molar-refractivity contribution in [2.24, 2.45) is 0 Å². The largest absolute Gasteiger partial charge is 0.293 e. The summed E-state index contributed by atoms with van der Waals surface area (Å²) in [6.07, 6.45) is 0. The standard InChI is InChI=1S/C20H19N3OS/c1-14-13-15(2)22-20(21-14)23-19(24)18(16-9-5-3-6-10-16)25-17-11-7-4-8-12-17/h3-13,18H,1-2H3,(H,21,22,23,24)/t18-/m1/s1. The van der Waals surface area contributed by atoms with Gasteiger partial charge in [-0.2, -0.15) is 0 Å². The summed E-state index contributed by atoms with van der Waals surface area (Å²) in [5.41, 5.74) is 2.60. The van der Waals surface area contributed by atoms with Crippen LogP contribution < -0.4 is 5.32 Å². The second-order valence-electron chi connectivity index (χ2n) is 5.69. The van der Waals surface area contributed by atoms with Crippen molar-refractivity contribution in [2.75, 3.05) is 5.32 Å².